The summed E-state index contributed by atoms with van der Waals surface area (Å²) < 4.78 is 0. The van der Waals surface area contributed by atoms with Crippen molar-refractivity contribution in [2.45, 2.75) is 32.1 Å². The van der Waals surface area contributed by atoms with Crippen molar-refractivity contribution in [3.05, 3.63) is 48.5 Å². The molecule has 1 heterocycles. The van der Waals surface area contributed by atoms with E-state index in [1.165, 1.54) is 38.0 Å². The van der Waals surface area contributed by atoms with Crippen LogP contribution in [0, 0.1) is 5.92 Å². The van der Waals surface area contributed by atoms with E-state index in [0.717, 1.165) is 29.9 Å². The molecule has 1 aliphatic heterocycles. The van der Waals surface area contributed by atoms with Crippen molar-refractivity contribution in [1.82, 2.24) is 0 Å². The summed E-state index contributed by atoms with van der Waals surface area (Å²) in [7, 11) is 0. The van der Waals surface area contributed by atoms with Crippen molar-refractivity contribution >= 4 is 28.7 Å². The van der Waals surface area contributed by atoms with Crippen molar-refractivity contribution in [2.24, 2.45) is 5.92 Å². The van der Waals surface area contributed by atoms with E-state index in [2.05, 4.69) is 39.8 Å². The Labute approximate surface area is 149 Å². The van der Waals surface area contributed by atoms with Crippen molar-refractivity contribution < 1.29 is 4.79 Å². The maximum atomic E-state index is 11.8. The van der Waals surface area contributed by atoms with Gasteiger partial charge in [0.1, 0.15) is 0 Å². The highest BCUT2D eigenvalue weighted by Crippen LogP contribution is 2.30. The van der Waals surface area contributed by atoms with Crippen molar-refractivity contribution in [3.63, 3.8) is 0 Å². The van der Waals surface area contributed by atoms with Gasteiger partial charge in [0.2, 0.25) is 5.91 Å². The minimum absolute atomic E-state index is 0.147. The summed E-state index contributed by atoms with van der Waals surface area (Å²) in [5.74, 6) is 0.380. The molecule has 4 rings (SSSR count). The quantitative estimate of drug-likeness (QED) is 0.827. The summed E-state index contributed by atoms with van der Waals surface area (Å²) in [6, 6.07) is 16.5. The van der Waals surface area contributed by atoms with Crippen LogP contribution >= 0.6 is 0 Å². The van der Waals surface area contributed by atoms with Gasteiger partial charge < -0.3 is 15.5 Å². The van der Waals surface area contributed by atoms with Gasteiger partial charge in [0.05, 0.1) is 0 Å². The van der Waals surface area contributed by atoms with E-state index in [1.54, 1.807) is 0 Å². The Bertz CT molecular complexity index is 714. The first kappa shape index (κ1) is 16.0. The second-order valence-corrected chi connectivity index (χ2v) is 7.06. The molecule has 2 aromatic carbocycles. The van der Waals surface area contributed by atoms with Crippen LogP contribution in [0.2, 0.25) is 0 Å². The van der Waals surface area contributed by atoms with E-state index >= 15 is 0 Å². The molecule has 25 heavy (non-hydrogen) atoms. The molecule has 2 N–H and O–H groups in total. The highest BCUT2D eigenvalue weighted by molar-refractivity contribution is 5.94. The number of piperidine rings is 1. The molecule has 130 valence electrons. The topological polar surface area (TPSA) is 44.4 Å². The molecule has 4 nitrogen and oxygen atoms in total. The number of amides is 1. The van der Waals surface area contributed by atoms with Gasteiger partial charge in [0.25, 0.3) is 0 Å². The van der Waals surface area contributed by atoms with E-state index in [0.29, 0.717) is 0 Å². The molecule has 1 saturated heterocycles. The lowest BCUT2D eigenvalue weighted by molar-refractivity contribution is -0.117. The molecule has 1 saturated carbocycles. The third kappa shape index (κ3) is 4.13. The van der Waals surface area contributed by atoms with Gasteiger partial charge in [-0.25, -0.2) is 0 Å². The number of carbonyl (C=O) groups is 1. The third-order valence-electron chi connectivity index (χ3n) is 4.98. The zero-order chi connectivity index (χ0) is 17.1. The van der Waals surface area contributed by atoms with Crippen LogP contribution in [0.1, 0.15) is 32.1 Å². The van der Waals surface area contributed by atoms with E-state index < -0.39 is 0 Å². The van der Waals surface area contributed by atoms with Crippen LogP contribution in [0.4, 0.5) is 22.7 Å². The van der Waals surface area contributed by atoms with Crippen LogP contribution in [0.15, 0.2) is 48.5 Å². The normalized spacial score (nSPS) is 17.2. The third-order valence-corrected chi connectivity index (χ3v) is 4.98. The molecule has 0 bridgehead atoms. The zero-order valence-electron chi connectivity index (χ0n) is 14.5. The lowest BCUT2D eigenvalue weighted by Gasteiger charge is -2.28. The van der Waals surface area contributed by atoms with E-state index in [9.17, 15) is 4.79 Å². The molecule has 0 aromatic heterocycles. The predicted molar refractivity (Wildman–Crippen MR) is 104 cm³/mol. The first-order valence-electron chi connectivity index (χ1n) is 9.31. The van der Waals surface area contributed by atoms with E-state index in [-0.39, 0.29) is 11.8 Å². The molecule has 1 aliphatic carbocycles. The molecule has 4 heteroatoms. The van der Waals surface area contributed by atoms with Crippen LogP contribution in [-0.2, 0) is 4.79 Å². The molecular weight excluding hydrogens is 310 g/mol. The smallest absolute Gasteiger partial charge is 0.227 e. The Hall–Kier alpha value is -2.49. The van der Waals surface area contributed by atoms with Gasteiger partial charge in [-0.1, -0.05) is 0 Å². The summed E-state index contributed by atoms with van der Waals surface area (Å²) in [6.45, 7) is 2.33. The number of nitrogens with one attached hydrogen (secondary N) is 2. The molecule has 0 spiro atoms. The Morgan fingerprint density at radius 2 is 1.36 bits per heavy atom. The van der Waals surface area contributed by atoms with Crippen molar-refractivity contribution in [3.8, 4) is 0 Å². The van der Waals surface area contributed by atoms with Crippen LogP contribution in [-0.4, -0.2) is 19.0 Å². The van der Waals surface area contributed by atoms with Gasteiger partial charge in [0, 0.05) is 41.8 Å². The summed E-state index contributed by atoms with van der Waals surface area (Å²) in [5, 5.41) is 6.38. The molecular formula is C21H25N3O. The van der Waals surface area contributed by atoms with E-state index in [1.807, 2.05) is 24.3 Å². The lowest BCUT2D eigenvalue weighted by Crippen LogP contribution is -2.29. The molecule has 0 unspecified atom stereocenters. The largest absolute Gasteiger partial charge is 0.372 e. The zero-order valence-corrected chi connectivity index (χ0v) is 14.5. The van der Waals surface area contributed by atoms with Gasteiger partial charge in [-0.05, 0) is 80.6 Å². The standard InChI is InChI=1S/C21H25N3O/c25-21(16-4-5-16)23-19-8-6-17(7-9-19)22-18-10-12-20(13-11-18)24-14-2-1-3-15-24/h6-13,16,22H,1-5,14-15H2,(H,23,25). The van der Waals surface area contributed by atoms with Crippen molar-refractivity contribution in [1.29, 1.82) is 0 Å². The lowest BCUT2D eigenvalue weighted by atomic mass is 10.1. The van der Waals surface area contributed by atoms with Crippen LogP contribution in [0.5, 0.6) is 0 Å². The summed E-state index contributed by atoms with van der Waals surface area (Å²) in [5.41, 5.74) is 4.27. The number of hydrogen-bond acceptors (Lipinski definition) is 3. The molecule has 2 aromatic rings. The molecule has 2 aliphatic rings. The predicted octanol–water partition coefficient (Wildman–Crippen LogP) is 4.77. The number of nitrogens with zero attached hydrogens (tertiary/aromatic N) is 1. The number of benzene rings is 2. The number of rotatable bonds is 5. The van der Waals surface area contributed by atoms with Crippen molar-refractivity contribution in [2.75, 3.05) is 28.6 Å². The number of carbonyl (C=O) groups excluding carboxylic acids is 1. The number of hydrogen-bond donors (Lipinski definition) is 2. The summed E-state index contributed by atoms with van der Waals surface area (Å²) in [6.07, 6.45) is 6.00. The SMILES string of the molecule is O=C(Nc1ccc(Nc2ccc(N3CCCCC3)cc2)cc1)C1CC1. The fourth-order valence-corrected chi connectivity index (χ4v) is 3.30. The van der Waals surface area contributed by atoms with Gasteiger partial charge in [-0.3, -0.25) is 4.79 Å². The molecule has 0 atom stereocenters. The van der Waals surface area contributed by atoms with Gasteiger partial charge in [-0.2, -0.15) is 0 Å². The average molecular weight is 335 g/mol. The maximum absolute atomic E-state index is 11.8. The Balaban J connectivity index is 1.35. The van der Waals surface area contributed by atoms with Gasteiger partial charge >= 0.3 is 0 Å². The van der Waals surface area contributed by atoms with Crippen LogP contribution < -0.4 is 15.5 Å². The van der Waals surface area contributed by atoms with Gasteiger partial charge in [0.15, 0.2) is 0 Å². The Morgan fingerprint density at radius 1 is 0.800 bits per heavy atom. The van der Waals surface area contributed by atoms with Gasteiger partial charge in [-0.15, -0.1) is 0 Å². The summed E-state index contributed by atoms with van der Waals surface area (Å²) >= 11 is 0. The highest BCUT2D eigenvalue weighted by Gasteiger charge is 2.29. The highest BCUT2D eigenvalue weighted by atomic mass is 16.2. The van der Waals surface area contributed by atoms with Crippen LogP contribution in [0.25, 0.3) is 0 Å². The Morgan fingerprint density at radius 3 is 1.96 bits per heavy atom. The maximum Gasteiger partial charge on any atom is 0.227 e. The molecule has 1 amide bonds. The Kier molecular flexibility index (Phi) is 4.59. The van der Waals surface area contributed by atoms with Crippen LogP contribution in [0.3, 0.4) is 0 Å². The monoisotopic (exact) mass is 335 g/mol. The average Bonchev–Trinajstić information content (AvgIpc) is 3.50. The molecule has 0 radical (unpaired) electrons. The minimum Gasteiger partial charge on any atom is -0.372 e. The minimum atomic E-state index is 0.147. The second-order valence-electron chi connectivity index (χ2n) is 7.06. The first-order chi connectivity index (χ1) is 12.3. The fraction of sp³-hybridized carbons (Fsp3) is 0.381. The van der Waals surface area contributed by atoms with E-state index in [4.69, 9.17) is 0 Å². The molecule has 2 fully saturated rings. The fourth-order valence-electron chi connectivity index (χ4n) is 3.30. The number of anilines is 4. The first-order valence-corrected chi connectivity index (χ1v) is 9.31. The second kappa shape index (κ2) is 7.18. The summed E-state index contributed by atoms with van der Waals surface area (Å²) in [4.78, 5) is 14.2.